The minimum Gasteiger partial charge on any atom is -0.421 e. The molecular weight excluding hydrogens is 263 g/mol. The normalized spacial score (nSPS) is 11.6. The molecule has 0 unspecified atom stereocenters. The summed E-state index contributed by atoms with van der Waals surface area (Å²) < 4.78 is 43.7. The van der Waals surface area contributed by atoms with Gasteiger partial charge in [-0.1, -0.05) is 0 Å². The predicted octanol–water partition coefficient (Wildman–Crippen LogP) is 1.91. The van der Waals surface area contributed by atoms with Crippen molar-refractivity contribution in [1.29, 1.82) is 0 Å². The Balaban J connectivity index is 2.34. The molecule has 6 nitrogen and oxygen atoms in total. The number of nitrogens with two attached hydrogens (primary N) is 1. The number of anilines is 1. The van der Waals surface area contributed by atoms with Gasteiger partial charge >= 0.3 is 6.18 Å². The molecular formula is C10H10F3N5O. The Morgan fingerprint density at radius 3 is 2.63 bits per heavy atom. The molecule has 0 amide bonds. The average molecular weight is 273 g/mol. The van der Waals surface area contributed by atoms with Crippen molar-refractivity contribution in [3.63, 3.8) is 0 Å². The van der Waals surface area contributed by atoms with Gasteiger partial charge in [0, 0.05) is 24.9 Å². The van der Waals surface area contributed by atoms with Gasteiger partial charge in [-0.3, -0.25) is 0 Å². The SMILES string of the molecule is Cc1cnc(N)nc1Oc1cc(C(F)(F)F)nn1C. The smallest absolute Gasteiger partial charge is 0.421 e. The van der Waals surface area contributed by atoms with Crippen molar-refractivity contribution < 1.29 is 17.9 Å². The standard InChI is InChI=1S/C10H10F3N5O/c1-5-4-15-9(14)16-8(5)19-7-3-6(10(11,12)13)17-18(7)2/h3-4H,1-2H3,(H2,14,15,16). The zero-order chi connectivity index (χ0) is 14.2. The van der Waals surface area contributed by atoms with Crippen LogP contribution in [-0.2, 0) is 13.2 Å². The summed E-state index contributed by atoms with van der Waals surface area (Å²) in [4.78, 5) is 7.53. The Labute approximate surface area is 106 Å². The molecule has 102 valence electrons. The van der Waals surface area contributed by atoms with E-state index < -0.39 is 11.9 Å². The second-order valence-electron chi connectivity index (χ2n) is 3.81. The van der Waals surface area contributed by atoms with Crippen molar-refractivity contribution in [3.8, 4) is 11.8 Å². The summed E-state index contributed by atoms with van der Waals surface area (Å²) in [7, 11) is 1.34. The molecule has 0 bridgehead atoms. The lowest BCUT2D eigenvalue weighted by molar-refractivity contribution is -0.141. The summed E-state index contributed by atoms with van der Waals surface area (Å²) in [5.41, 5.74) is 4.90. The summed E-state index contributed by atoms with van der Waals surface area (Å²) in [6.07, 6.45) is -3.11. The molecule has 0 aliphatic rings. The van der Waals surface area contributed by atoms with E-state index in [1.54, 1.807) is 6.92 Å². The number of nitrogen functional groups attached to an aromatic ring is 1. The van der Waals surface area contributed by atoms with E-state index in [2.05, 4.69) is 15.1 Å². The minimum absolute atomic E-state index is 0.0289. The van der Waals surface area contributed by atoms with Gasteiger partial charge in [0.05, 0.1) is 0 Å². The molecule has 0 aliphatic heterocycles. The predicted molar refractivity (Wildman–Crippen MR) is 59.5 cm³/mol. The maximum atomic E-state index is 12.5. The number of halogens is 3. The fourth-order valence-corrected chi connectivity index (χ4v) is 1.33. The Hall–Kier alpha value is -2.32. The Morgan fingerprint density at radius 1 is 1.37 bits per heavy atom. The van der Waals surface area contributed by atoms with Crippen LogP contribution in [0.4, 0.5) is 19.1 Å². The highest BCUT2D eigenvalue weighted by Gasteiger charge is 2.35. The van der Waals surface area contributed by atoms with Gasteiger partial charge in [0.25, 0.3) is 0 Å². The van der Waals surface area contributed by atoms with Crippen LogP contribution >= 0.6 is 0 Å². The molecule has 0 aromatic carbocycles. The van der Waals surface area contributed by atoms with Crippen LogP contribution in [0.15, 0.2) is 12.3 Å². The molecule has 0 saturated carbocycles. The maximum Gasteiger partial charge on any atom is 0.435 e. The maximum absolute atomic E-state index is 12.5. The molecule has 0 aliphatic carbocycles. The first kappa shape index (κ1) is 13.1. The molecule has 0 spiro atoms. The van der Waals surface area contributed by atoms with E-state index in [-0.39, 0.29) is 17.7 Å². The number of rotatable bonds is 2. The highest BCUT2D eigenvalue weighted by atomic mass is 19.4. The summed E-state index contributed by atoms with van der Waals surface area (Å²) in [5, 5.41) is 3.32. The quantitative estimate of drug-likeness (QED) is 0.904. The van der Waals surface area contributed by atoms with E-state index in [1.807, 2.05) is 0 Å². The van der Waals surface area contributed by atoms with Crippen LogP contribution in [0.5, 0.6) is 11.8 Å². The Kier molecular flexibility index (Phi) is 3.05. The number of hydrogen-bond donors (Lipinski definition) is 1. The van der Waals surface area contributed by atoms with Crippen LogP contribution in [0.3, 0.4) is 0 Å². The highest BCUT2D eigenvalue weighted by molar-refractivity contribution is 5.32. The van der Waals surface area contributed by atoms with E-state index in [9.17, 15) is 13.2 Å². The van der Waals surface area contributed by atoms with Crippen LogP contribution < -0.4 is 10.5 Å². The molecule has 2 heterocycles. The number of hydrogen-bond acceptors (Lipinski definition) is 5. The van der Waals surface area contributed by atoms with Crippen molar-refractivity contribution >= 4 is 5.95 Å². The highest BCUT2D eigenvalue weighted by Crippen LogP contribution is 2.32. The third kappa shape index (κ3) is 2.75. The van der Waals surface area contributed by atoms with Crippen molar-refractivity contribution in [2.45, 2.75) is 13.1 Å². The lowest BCUT2D eigenvalue weighted by atomic mass is 10.4. The third-order valence-electron chi connectivity index (χ3n) is 2.27. The fourth-order valence-electron chi connectivity index (χ4n) is 1.33. The number of aromatic nitrogens is 4. The van der Waals surface area contributed by atoms with Gasteiger partial charge in [-0.05, 0) is 6.92 Å². The first-order valence-corrected chi connectivity index (χ1v) is 5.15. The van der Waals surface area contributed by atoms with Crippen LogP contribution in [0.1, 0.15) is 11.3 Å². The summed E-state index contributed by atoms with van der Waals surface area (Å²) in [6, 6.07) is 0.789. The molecule has 9 heteroatoms. The van der Waals surface area contributed by atoms with Crippen LogP contribution in [-0.4, -0.2) is 19.7 Å². The third-order valence-corrected chi connectivity index (χ3v) is 2.27. The van der Waals surface area contributed by atoms with Gasteiger partial charge in [-0.25, -0.2) is 9.67 Å². The average Bonchev–Trinajstić information content (AvgIpc) is 2.65. The van der Waals surface area contributed by atoms with Gasteiger partial charge in [0.2, 0.25) is 17.7 Å². The molecule has 2 aromatic rings. The largest absolute Gasteiger partial charge is 0.435 e. The van der Waals surface area contributed by atoms with Crippen molar-refractivity contribution in [2.75, 3.05) is 5.73 Å². The first-order valence-electron chi connectivity index (χ1n) is 5.15. The van der Waals surface area contributed by atoms with Crippen molar-refractivity contribution in [3.05, 3.63) is 23.5 Å². The van der Waals surface area contributed by atoms with Crippen LogP contribution in [0.25, 0.3) is 0 Å². The van der Waals surface area contributed by atoms with E-state index >= 15 is 0 Å². The lowest BCUT2D eigenvalue weighted by Gasteiger charge is -2.06. The van der Waals surface area contributed by atoms with E-state index in [0.717, 1.165) is 10.7 Å². The fraction of sp³-hybridized carbons (Fsp3) is 0.300. The van der Waals surface area contributed by atoms with Gasteiger partial charge in [-0.2, -0.15) is 23.3 Å². The second-order valence-corrected chi connectivity index (χ2v) is 3.81. The molecule has 0 saturated heterocycles. The molecule has 2 aromatic heterocycles. The van der Waals surface area contributed by atoms with E-state index in [0.29, 0.717) is 5.56 Å². The zero-order valence-corrected chi connectivity index (χ0v) is 10.1. The number of ether oxygens (including phenoxy) is 1. The second kappa shape index (κ2) is 4.41. The topological polar surface area (TPSA) is 78.8 Å². The van der Waals surface area contributed by atoms with Gasteiger partial charge in [0.15, 0.2) is 5.69 Å². The molecule has 19 heavy (non-hydrogen) atoms. The summed E-state index contributed by atoms with van der Waals surface area (Å²) in [6.45, 7) is 1.65. The van der Waals surface area contributed by atoms with Crippen LogP contribution in [0, 0.1) is 6.92 Å². The number of alkyl halides is 3. The minimum atomic E-state index is -4.53. The number of nitrogens with zero attached hydrogens (tertiary/aromatic N) is 4. The molecule has 0 radical (unpaired) electrons. The monoisotopic (exact) mass is 273 g/mol. The Morgan fingerprint density at radius 2 is 2.05 bits per heavy atom. The van der Waals surface area contributed by atoms with Crippen molar-refractivity contribution in [1.82, 2.24) is 19.7 Å². The van der Waals surface area contributed by atoms with Gasteiger partial charge in [0.1, 0.15) is 0 Å². The first-order chi connectivity index (χ1) is 8.77. The van der Waals surface area contributed by atoms with Gasteiger partial charge < -0.3 is 10.5 Å². The van der Waals surface area contributed by atoms with Gasteiger partial charge in [-0.15, -0.1) is 0 Å². The molecule has 2 rings (SSSR count). The molecule has 0 atom stereocenters. The lowest BCUT2D eigenvalue weighted by Crippen LogP contribution is -2.06. The summed E-state index contributed by atoms with van der Waals surface area (Å²) >= 11 is 0. The molecule has 2 N–H and O–H groups in total. The van der Waals surface area contributed by atoms with E-state index in [1.165, 1.54) is 13.2 Å². The van der Waals surface area contributed by atoms with Crippen molar-refractivity contribution in [2.24, 2.45) is 7.05 Å². The summed E-state index contributed by atoms with van der Waals surface area (Å²) in [5.74, 6) is -0.0310. The van der Waals surface area contributed by atoms with E-state index in [4.69, 9.17) is 10.5 Å². The zero-order valence-electron chi connectivity index (χ0n) is 10.1. The number of aryl methyl sites for hydroxylation is 2. The Bertz CT molecular complexity index is 608. The molecule has 0 fully saturated rings. The van der Waals surface area contributed by atoms with Crippen LogP contribution in [0.2, 0.25) is 0 Å².